The van der Waals surface area contributed by atoms with E-state index in [1.165, 1.54) is 51.4 Å². The molecule has 0 N–H and O–H groups in total. The summed E-state index contributed by atoms with van der Waals surface area (Å²) in [6.45, 7) is 4.75. The van der Waals surface area contributed by atoms with Gasteiger partial charge < -0.3 is 0 Å². The van der Waals surface area contributed by atoms with Crippen LogP contribution in [0, 0.1) is 28.6 Å². The summed E-state index contributed by atoms with van der Waals surface area (Å²) in [6.07, 6.45) is 14.1. The van der Waals surface area contributed by atoms with Crippen molar-refractivity contribution in [2.75, 3.05) is 0 Å². The minimum Gasteiger partial charge on any atom is -0.294 e. The first-order chi connectivity index (χ1) is 9.56. The maximum Gasteiger partial charge on any atom is 0.161 e. The lowest BCUT2D eigenvalue weighted by Crippen LogP contribution is -2.48. The number of allylic oxidation sites excluding steroid dienone is 2. The molecule has 20 heavy (non-hydrogen) atoms. The van der Waals surface area contributed by atoms with Crippen molar-refractivity contribution < 1.29 is 4.79 Å². The minimum absolute atomic E-state index is 0.00791. The van der Waals surface area contributed by atoms with Gasteiger partial charge in [-0.2, -0.15) is 0 Å². The standard InChI is InChI=1S/C19H28O/c1-18-10-4-3-6-13(18)8-9-14-15-7-5-11-19(15,2)17(20)12-16(14)18/h12-15H,3-11H2,1-2H3/t13?,14-,15-,18-,19+/m0/s1. The zero-order valence-electron chi connectivity index (χ0n) is 13.1. The van der Waals surface area contributed by atoms with Crippen molar-refractivity contribution >= 4 is 5.78 Å². The van der Waals surface area contributed by atoms with Crippen LogP contribution in [0.1, 0.15) is 71.6 Å². The van der Waals surface area contributed by atoms with Crippen LogP contribution in [-0.2, 0) is 4.79 Å². The molecule has 4 aliphatic carbocycles. The third kappa shape index (κ3) is 1.53. The number of carbonyl (C=O) groups is 1. The summed E-state index contributed by atoms with van der Waals surface area (Å²) < 4.78 is 0. The van der Waals surface area contributed by atoms with Gasteiger partial charge in [0, 0.05) is 5.41 Å². The largest absolute Gasteiger partial charge is 0.294 e. The fourth-order valence-electron chi connectivity index (χ4n) is 6.35. The summed E-state index contributed by atoms with van der Waals surface area (Å²) in [5.41, 5.74) is 1.94. The van der Waals surface area contributed by atoms with E-state index in [-0.39, 0.29) is 5.41 Å². The second-order valence-electron chi connectivity index (χ2n) is 8.42. The molecule has 4 aliphatic rings. The van der Waals surface area contributed by atoms with E-state index in [0.29, 0.717) is 17.1 Å². The highest BCUT2D eigenvalue weighted by Crippen LogP contribution is 2.63. The lowest BCUT2D eigenvalue weighted by molar-refractivity contribution is -0.128. The Bertz CT molecular complexity index is 476. The van der Waals surface area contributed by atoms with Crippen molar-refractivity contribution in [3.8, 4) is 0 Å². The van der Waals surface area contributed by atoms with Gasteiger partial charge in [0.1, 0.15) is 0 Å². The Morgan fingerprint density at radius 2 is 1.75 bits per heavy atom. The zero-order chi connectivity index (χ0) is 14.0. The van der Waals surface area contributed by atoms with E-state index >= 15 is 0 Å². The molecule has 110 valence electrons. The van der Waals surface area contributed by atoms with Gasteiger partial charge in [-0.3, -0.25) is 4.79 Å². The van der Waals surface area contributed by atoms with Crippen LogP contribution in [0.2, 0.25) is 0 Å². The van der Waals surface area contributed by atoms with Crippen LogP contribution >= 0.6 is 0 Å². The van der Waals surface area contributed by atoms with Crippen molar-refractivity contribution in [2.24, 2.45) is 28.6 Å². The van der Waals surface area contributed by atoms with Gasteiger partial charge in [-0.05, 0) is 67.8 Å². The van der Waals surface area contributed by atoms with Crippen LogP contribution in [0.25, 0.3) is 0 Å². The van der Waals surface area contributed by atoms with Gasteiger partial charge in [0.2, 0.25) is 0 Å². The normalized spacial score (nSPS) is 51.0. The third-order valence-electron chi connectivity index (χ3n) is 7.65. The molecule has 4 rings (SSSR count). The average Bonchev–Trinajstić information content (AvgIpc) is 2.83. The highest BCUT2D eigenvalue weighted by atomic mass is 16.1. The van der Waals surface area contributed by atoms with Crippen molar-refractivity contribution in [1.82, 2.24) is 0 Å². The first-order valence-electron chi connectivity index (χ1n) is 8.82. The van der Waals surface area contributed by atoms with Crippen LogP contribution in [0.15, 0.2) is 11.6 Å². The molecular formula is C19H28O. The molecule has 0 heterocycles. The summed E-state index contributed by atoms with van der Waals surface area (Å²) in [7, 11) is 0. The fourth-order valence-corrected chi connectivity index (χ4v) is 6.35. The molecule has 0 saturated heterocycles. The fraction of sp³-hybridized carbons (Fsp3) is 0.842. The molecule has 3 saturated carbocycles. The molecule has 1 nitrogen and oxygen atoms in total. The van der Waals surface area contributed by atoms with E-state index < -0.39 is 0 Å². The Hall–Kier alpha value is -0.590. The van der Waals surface area contributed by atoms with Gasteiger partial charge in [0.15, 0.2) is 5.78 Å². The average molecular weight is 272 g/mol. The van der Waals surface area contributed by atoms with Crippen LogP contribution in [-0.4, -0.2) is 5.78 Å². The van der Waals surface area contributed by atoms with Crippen molar-refractivity contribution in [3.05, 3.63) is 11.6 Å². The zero-order valence-corrected chi connectivity index (χ0v) is 13.1. The first kappa shape index (κ1) is 13.1. The Kier molecular flexibility index (Phi) is 2.76. The van der Waals surface area contributed by atoms with Crippen LogP contribution in [0.5, 0.6) is 0 Å². The summed E-state index contributed by atoms with van der Waals surface area (Å²) in [5, 5.41) is 0. The number of carbonyl (C=O) groups excluding carboxylic acids is 1. The van der Waals surface area contributed by atoms with E-state index in [4.69, 9.17) is 0 Å². The number of rotatable bonds is 0. The topological polar surface area (TPSA) is 17.1 Å². The van der Waals surface area contributed by atoms with Crippen LogP contribution in [0.4, 0.5) is 0 Å². The van der Waals surface area contributed by atoms with Crippen LogP contribution < -0.4 is 0 Å². The molecule has 5 atom stereocenters. The molecule has 0 bridgehead atoms. The Labute approximate surface area is 123 Å². The monoisotopic (exact) mass is 272 g/mol. The Morgan fingerprint density at radius 3 is 2.60 bits per heavy atom. The molecule has 1 heteroatoms. The minimum atomic E-state index is -0.00791. The first-order valence-corrected chi connectivity index (χ1v) is 8.82. The van der Waals surface area contributed by atoms with Gasteiger partial charge in [-0.25, -0.2) is 0 Å². The lowest BCUT2D eigenvalue weighted by Gasteiger charge is -2.55. The SMILES string of the molecule is C[C@@]12CCC[C@H]1[C@@H]1CCC3CCCC[C@]3(C)C1=CC2=O. The Balaban J connectivity index is 1.78. The van der Waals surface area contributed by atoms with E-state index in [9.17, 15) is 4.79 Å². The van der Waals surface area contributed by atoms with Crippen LogP contribution in [0.3, 0.4) is 0 Å². The second-order valence-corrected chi connectivity index (χ2v) is 8.42. The second kappa shape index (κ2) is 4.21. The maximum atomic E-state index is 12.8. The molecule has 0 spiro atoms. The van der Waals surface area contributed by atoms with Gasteiger partial charge in [-0.15, -0.1) is 0 Å². The molecule has 0 aromatic heterocycles. The van der Waals surface area contributed by atoms with Gasteiger partial charge in [0.05, 0.1) is 0 Å². The van der Waals surface area contributed by atoms with Crippen molar-refractivity contribution in [1.29, 1.82) is 0 Å². The molecule has 0 amide bonds. The van der Waals surface area contributed by atoms with Gasteiger partial charge in [0.25, 0.3) is 0 Å². The van der Waals surface area contributed by atoms with E-state index in [1.807, 2.05) is 0 Å². The predicted octanol–water partition coefficient (Wildman–Crippen LogP) is 4.91. The van der Waals surface area contributed by atoms with Gasteiger partial charge >= 0.3 is 0 Å². The molecule has 0 aromatic rings. The third-order valence-corrected chi connectivity index (χ3v) is 7.65. The molecular weight excluding hydrogens is 244 g/mol. The molecule has 1 unspecified atom stereocenters. The number of fused-ring (bicyclic) bond motifs is 5. The summed E-state index contributed by atoms with van der Waals surface area (Å²) in [6, 6.07) is 0. The molecule has 3 fully saturated rings. The number of hydrogen-bond donors (Lipinski definition) is 0. The summed E-state index contributed by atoms with van der Waals surface area (Å²) >= 11 is 0. The van der Waals surface area contributed by atoms with E-state index in [0.717, 1.165) is 18.3 Å². The van der Waals surface area contributed by atoms with Gasteiger partial charge in [-0.1, -0.05) is 38.7 Å². The maximum absolute atomic E-state index is 12.8. The Morgan fingerprint density at radius 1 is 0.950 bits per heavy atom. The highest BCUT2D eigenvalue weighted by Gasteiger charge is 2.56. The van der Waals surface area contributed by atoms with Crippen molar-refractivity contribution in [3.63, 3.8) is 0 Å². The van der Waals surface area contributed by atoms with Crippen molar-refractivity contribution in [2.45, 2.75) is 71.6 Å². The molecule has 0 aromatic carbocycles. The summed E-state index contributed by atoms with van der Waals surface area (Å²) in [5.74, 6) is 2.73. The smallest absolute Gasteiger partial charge is 0.161 e. The predicted molar refractivity (Wildman–Crippen MR) is 81.3 cm³/mol. The highest BCUT2D eigenvalue weighted by molar-refractivity contribution is 5.97. The molecule has 0 aliphatic heterocycles. The quantitative estimate of drug-likeness (QED) is 0.612. The van der Waals surface area contributed by atoms with E-state index in [1.54, 1.807) is 5.57 Å². The molecule has 0 radical (unpaired) electrons. The number of hydrogen-bond acceptors (Lipinski definition) is 1. The van der Waals surface area contributed by atoms with E-state index in [2.05, 4.69) is 19.9 Å². The lowest BCUT2D eigenvalue weighted by atomic mass is 9.49. The number of ketones is 1. The summed E-state index contributed by atoms with van der Waals surface area (Å²) in [4.78, 5) is 12.8.